The minimum atomic E-state index is -0.782. The van der Waals surface area contributed by atoms with Crippen molar-refractivity contribution >= 4 is 57.8 Å². The molecule has 0 saturated heterocycles. The summed E-state index contributed by atoms with van der Waals surface area (Å²) in [6, 6.07) is 5.93. The molecule has 0 bridgehead atoms. The molecule has 3 N–H and O–H groups in total. The molecule has 2 rings (SSSR count). The lowest BCUT2D eigenvalue weighted by atomic mass is 10.0. The van der Waals surface area contributed by atoms with Gasteiger partial charge in [0.25, 0.3) is 11.8 Å². The third kappa shape index (κ3) is 9.08. The molecule has 1 heterocycles. The van der Waals surface area contributed by atoms with Gasteiger partial charge in [-0.15, -0.1) is 0 Å². The summed E-state index contributed by atoms with van der Waals surface area (Å²) in [5.41, 5.74) is 1.79. The van der Waals surface area contributed by atoms with Crippen molar-refractivity contribution < 1.29 is 24.0 Å². The first-order chi connectivity index (χ1) is 16.6. The van der Waals surface area contributed by atoms with Gasteiger partial charge in [-0.05, 0) is 43.4 Å². The molecule has 1 aliphatic heterocycles. The molecule has 0 aliphatic carbocycles. The predicted octanol–water partition coefficient (Wildman–Crippen LogP) is 2.69. The summed E-state index contributed by atoms with van der Waals surface area (Å²) >= 11 is 2.26. The lowest BCUT2D eigenvalue weighted by Crippen LogP contribution is -2.53. The van der Waals surface area contributed by atoms with Crippen LogP contribution >= 0.6 is 22.6 Å². The van der Waals surface area contributed by atoms with Crippen molar-refractivity contribution in [3.05, 3.63) is 42.0 Å². The Bertz CT molecular complexity index is 943. The molecule has 0 saturated carbocycles. The average Bonchev–Trinajstić information content (AvgIpc) is 3.14. The van der Waals surface area contributed by atoms with Crippen molar-refractivity contribution in [3.8, 4) is 0 Å². The Morgan fingerprint density at radius 2 is 1.51 bits per heavy atom. The van der Waals surface area contributed by atoms with Crippen LogP contribution in [0.25, 0.3) is 0 Å². The molecule has 0 fully saturated rings. The number of imide groups is 1. The number of carbonyl (C=O) groups is 5. The quantitative estimate of drug-likeness (QED) is 0.140. The van der Waals surface area contributed by atoms with E-state index in [9.17, 15) is 24.0 Å². The predicted molar refractivity (Wildman–Crippen MR) is 141 cm³/mol. The second-order valence-corrected chi connectivity index (χ2v) is 9.57. The van der Waals surface area contributed by atoms with Gasteiger partial charge in [-0.25, -0.2) is 0 Å². The van der Waals surface area contributed by atoms with E-state index in [4.69, 9.17) is 0 Å². The second kappa shape index (κ2) is 14.0. The highest BCUT2D eigenvalue weighted by atomic mass is 127. The van der Waals surface area contributed by atoms with E-state index in [1.54, 1.807) is 6.92 Å². The minimum absolute atomic E-state index is 0.172. The van der Waals surface area contributed by atoms with Crippen LogP contribution in [0, 0.1) is 5.92 Å². The number of unbranched alkanes of at least 4 members (excludes halogenated alkanes) is 2. The molecule has 35 heavy (non-hydrogen) atoms. The summed E-state index contributed by atoms with van der Waals surface area (Å²) in [6.07, 6.45) is 4.56. The number of halogens is 1. The maximum atomic E-state index is 12.8. The lowest BCUT2D eigenvalue weighted by molar-refractivity contribution is -0.137. The van der Waals surface area contributed by atoms with Crippen LogP contribution in [0.15, 0.2) is 36.4 Å². The van der Waals surface area contributed by atoms with E-state index in [1.165, 1.54) is 17.1 Å². The van der Waals surface area contributed by atoms with Gasteiger partial charge < -0.3 is 16.0 Å². The van der Waals surface area contributed by atoms with E-state index in [0.717, 1.165) is 9.99 Å². The van der Waals surface area contributed by atoms with Gasteiger partial charge >= 0.3 is 0 Å². The first-order valence-electron chi connectivity index (χ1n) is 11.7. The number of nitrogens with zero attached hydrogens (tertiary/aromatic N) is 1. The number of amides is 5. The van der Waals surface area contributed by atoms with Gasteiger partial charge in [0.1, 0.15) is 12.1 Å². The van der Waals surface area contributed by atoms with Crippen LogP contribution in [0.2, 0.25) is 0 Å². The van der Waals surface area contributed by atoms with E-state index < -0.39 is 18.0 Å². The molecule has 0 aromatic heterocycles. The largest absolute Gasteiger partial charge is 0.344 e. The normalized spacial score (nSPS) is 14.7. The van der Waals surface area contributed by atoms with Crippen molar-refractivity contribution in [1.29, 1.82) is 0 Å². The van der Waals surface area contributed by atoms with E-state index in [-0.39, 0.29) is 36.0 Å². The fourth-order valence-electron chi connectivity index (χ4n) is 3.46. The molecule has 0 spiro atoms. The molecule has 10 heteroatoms. The molecule has 1 aromatic rings. The van der Waals surface area contributed by atoms with Gasteiger partial charge in [-0.3, -0.25) is 28.9 Å². The Hall–Kier alpha value is -2.76. The van der Waals surface area contributed by atoms with Crippen molar-refractivity contribution in [2.75, 3.05) is 11.9 Å². The number of carbonyl (C=O) groups excluding carboxylic acids is 5. The van der Waals surface area contributed by atoms with Gasteiger partial charge in [0, 0.05) is 35.2 Å². The number of anilines is 1. The Kier molecular flexibility index (Phi) is 11.4. The first-order valence-corrected chi connectivity index (χ1v) is 13.2. The zero-order valence-electron chi connectivity index (χ0n) is 20.3. The second-order valence-electron chi connectivity index (χ2n) is 8.81. The van der Waals surface area contributed by atoms with Gasteiger partial charge in [-0.1, -0.05) is 55.0 Å². The monoisotopic (exact) mass is 596 g/mol. The van der Waals surface area contributed by atoms with Crippen LogP contribution in [0.1, 0.15) is 52.0 Å². The van der Waals surface area contributed by atoms with Crippen LogP contribution in [-0.4, -0.2) is 53.1 Å². The highest BCUT2D eigenvalue weighted by molar-refractivity contribution is 14.1. The summed E-state index contributed by atoms with van der Waals surface area (Å²) in [5, 5.41) is 8.22. The van der Waals surface area contributed by atoms with Crippen molar-refractivity contribution in [3.63, 3.8) is 0 Å². The molecule has 5 amide bonds. The molecule has 1 aromatic carbocycles. The van der Waals surface area contributed by atoms with Crippen LogP contribution in [0.3, 0.4) is 0 Å². The number of alkyl halides is 1. The number of rotatable bonds is 13. The number of benzene rings is 1. The van der Waals surface area contributed by atoms with Crippen molar-refractivity contribution in [1.82, 2.24) is 15.5 Å². The van der Waals surface area contributed by atoms with Crippen LogP contribution < -0.4 is 16.0 Å². The van der Waals surface area contributed by atoms with Crippen LogP contribution in [-0.2, 0) is 28.4 Å². The van der Waals surface area contributed by atoms with E-state index in [0.29, 0.717) is 31.5 Å². The Balaban J connectivity index is 1.75. The maximum absolute atomic E-state index is 12.8. The summed E-state index contributed by atoms with van der Waals surface area (Å²) in [7, 11) is 0. The molecule has 2 unspecified atom stereocenters. The Morgan fingerprint density at radius 3 is 2.09 bits per heavy atom. The van der Waals surface area contributed by atoms with Crippen LogP contribution in [0.4, 0.5) is 5.69 Å². The molecule has 1 aliphatic rings. The third-order valence-electron chi connectivity index (χ3n) is 5.58. The van der Waals surface area contributed by atoms with Gasteiger partial charge in [0.2, 0.25) is 17.7 Å². The van der Waals surface area contributed by atoms with Gasteiger partial charge in [-0.2, -0.15) is 0 Å². The summed E-state index contributed by atoms with van der Waals surface area (Å²) < 4.78 is 0.874. The van der Waals surface area contributed by atoms with Crippen LogP contribution in [0.5, 0.6) is 0 Å². The van der Waals surface area contributed by atoms with Gasteiger partial charge in [0.05, 0.1) is 0 Å². The van der Waals surface area contributed by atoms with Gasteiger partial charge in [0.15, 0.2) is 0 Å². The van der Waals surface area contributed by atoms with E-state index >= 15 is 0 Å². The zero-order valence-corrected chi connectivity index (χ0v) is 22.5. The summed E-state index contributed by atoms with van der Waals surface area (Å²) in [5.74, 6) is -1.82. The number of hydrogen-bond donors (Lipinski definition) is 3. The highest BCUT2D eigenvalue weighted by Crippen LogP contribution is 2.13. The molecule has 9 nitrogen and oxygen atoms in total. The average molecular weight is 596 g/mol. The lowest BCUT2D eigenvalue weighted by Gasteiger charge is -2.24. The smallest absolute Gasteiger partial charge is 0.253 e. The highest BCUT2D eigenvalue weighted by Gasteiger charge is 2.27. The topological polar surface area (TPSA) is 125 Å². The SMILES string of the molecule is CC(NC(=O)C(NC(=O)CCCCCN1C(=O)C=CC1=O)C(C)C)C(=O)Nc1ccc(CI)cc1. The fraction of sp³-hybridized carbons (Fsp3) is 0.480. The fourth-order valence-corrected chi connectivity index (χ4v) is 3.97. The minimum Gasteiger partial charge on any atom is -0.344 e. The number of hydrogen-bond acceptors (Lipinski definition) is 5. The molecular formula is C25H33IN4O5. The Labute approximate surface area is 219 Å². The molecular weight excluding hydrogens is 563 g/mol. The molecule has 2 atom stereocenters. The molecule has 0 radical (unpaired) electrons. The summed E-state index contributed by atoms with van der Waals surface area (Å²) in [6.45, 7) is 5.56. The van der Waals surface area contributed by atoms with Crippen molar-refractivity contribution in [2.45, 2.75) is 63.0 Å². The third-order valence-corrected chi connectivity index (χ3v) is 6.46. The zero-order chi connectivity index (χ0) is 26.0. The first kappa shape index (κ1) is 28.5. The Morgan fingerprint density at radius 1 is 0.886 bits per heavy atom. The number of nitrogens with one attached hydrogen (secondary N) is 3. The standard InChI is InChI=1S/C25H33IN4O5/c1-16(2)23(29-20(31)7-5-4-6-14-30-21(32)12-13-22(30)33)25(35)27-17(3)24(34)28-19-10-8-18(15-26)9-11-19/h8-13,16-17,23H,4-7,14-15H2,1-3H3,(H,27,35)(H,28,34)(H,29,31). The maximum Gasteiger partial charge on any atom is 0.253 e. The molecule has 190 valence electrons. The van der Waals surface area contributed by atoms with E-state index in [2.05, 4.69) is 38.5 Å². The van der Waals surface area contributed by atoms with E-state index in [1.807, 2.05) is 38.1 Å². The van der Waals surface area contributed by atoms with Crippen molar-refractivity contribution in [2.24, 2.45) is 5.92 Å². The summed E-state index contributed by atoms with van der Waals surface area (Å²) in [4.78, 5) is 61.9.